The van der Waals surface area contributed by atoms with Crippen molar-refractivity contribution in [1.82, 2.24) is 40.0 Å². The number of para-hydroxylation sites is 1. The molecule has 0 unspecified atom stereocenters. The highest BCUT2D eigenvalue weighted by atomic mass is 19.4. The van der Waals surface area contributed by atoms with Gasteiger partial charge in [0.1, 0.15) is 6.54 Å². The largest absolute Gasteiger partial charge is 0.409 e. The third-order valence-corrected chi connectivity index (χ3v) is 2.75. The van der Waals surface area contributed by atoms with Crippen LogP contribution >= 0.6 is 0 Å². The average molecular weight is 326 g/mol. The Bertz CT molecular complexity index is 850. The Labute approximate surface area is 125 Å². The zero-order valence-electron chi connectivity index (χ0n) is 11.4. The average Bonchev–Trinajstić information content (AvgIpc) is 3.06. The monoisotopic (exact) mass is 326 g/mol. The van der Waals surface area contributed by atoms with Gasteiger partial charge in [-0.2, -0.15) is 27.3 Å². The second kappa shape index (κ2) is 5.62. The number of rotatable bonds is 4. The van der Waals surface area contributed by atoms with Crippen LogP contribution < -0.4 is 5.69 Å². The minimum absolute atomic E-state index is 0.0727. The lowest BCUT2D eigenvalue weighted by atomic mass is 10.3. The Hall–Kier alpha value is -3.05. The van der Waals surface area contributed by atoms with Crippen LogP contribution in [0.15, 0.2) is 35.1 Å². The first-order chi connectivity index (χ1) is 10.9. The number of nitrogens with zero attached hydrogens (tertiary/aromatic N) is 8. The van der Waals surface area contributed by atoms with Gasteiger partial charge in [-0.15, -0.1) is 10.2 Å². The Morgan fingerprint density at radius 1 is 1.04 bits per heavy atom. The first-order valence-corrected chi connectivity index (χ1v) is 6.34. The lowest BCUT2D eigenvalue weighted by molar-refractivity contribution is -0.145. The van der Waals surface area contributed by atoms with Crippen molar-refractivity contribution < 1.29 is 13.2 Å². The van der Waals surface area contributed by atoms with Gasteiger partial charge in [0.05, 0.1) is 5.69 Å². The maximum Gasteiger partial charge on any atom is 0.409 e. The zero-order valence-corrected chi connectivity index (χ0v) is 11.4. The third-order valence-electron chi connectivity index (χ3n) is 2.75. The van der Waals surface area contributed by atoms with E-state index in [9.17, 15) is 18.0 Å². The number of alkyl halides is 3. The van der Waals surface area contributed by atoms with Gasteiger partial charge >= 0.3 is 11.9 Å². The van der Waals surface area contributed by atoms with Crippen molar-refractivity contribution in [2.45, 2.75) is 19.3 Å². The molecule has 0 aliphatic heterocycles. The number of hydrogen-bond acceptors (Lipinski definition) is 6. The van der Waals surface area contributed by atoms with Crippen molar-refractivity contribution in [1.29, 1.82) is 0 Å². The summed E-state index contributed by atoms with van der Waals surface area (Å²) in [5.74, 6) is -0.0727. The fourth-order valence-corrected chi connectivity index (χ4v) is 1.81. The van der Waals surface area contributed by atoms with E-state index in [1.807, 2.05) is 0 Å². The number of tetrazole rings is 2. The summed E-state index contributed by atoms with van der Waals surface area (Å²) in [4.78, 5) is 12.6. The predicted molar refractivity (Wildman–Crippen MR) is 68.6 cm³/mol. The molecule has 0 bridgehead atoms. The maximum absolute atomic E-state index is 12.2. The Kier molecular flexibility index (Phi) is 3.64. The van der Waals surface area contributed by atoms with Gasteiger partial charge in [-0.05, 0) is 27.8 Å². The molecule has 1 aromatic carbocycles. The molecule has 0 radical (unpaired) electrons. The van der Waals surface area contributed by atoms with Gasteiger partial charge in [0.25, 0.3) is 0 Å². The van der Waals surface area contributed by atoms with Gasteiger partial charge < -0.3 is 0 Å². The number of hydrogen-bond donors (Lipinski definition) is 0. The summed E-state index contributed by atoms with van der Waals surface area (Å²) >= 11 is 0. The van der Waals surface area contributed by atoms with Crippen molar-refractivity contribution in [3.05, 3.63) is 46.6 Å². The van der Waals surface area contributed by atoms with Crippen LogP contribution in [0.1, 0.15) is 5.82 Å². The van der Waals surface area contributed by atoms with Crippen LogP contribution in [-0.4, -0.2) is 46.2 Å². The standard InChI is InChI=1S/C11H9F3N8O/c12-11(13,14)7-21-16-9(15-17-21)6-20-10(23)22(19-18-20)8-4-2-1-3-5-8/h1-5H,6-7H2. The molecule has 2 aromatic heterocycles. The highest BCUT2D eigenvalue weighted by Gasteiger charge is 2.29. The van der Waals surface area contributed by atoms with E-state index in [2.05, 4.69) is 25.8 Å². The number of halogens is 3. The molecule has 0 atom stereocenters. The van der Waals surface area contributed by atoms with Crippen LogP contribution in [0.5, 0.6) is 0 Å². The van der Waals surface area contributed by atoms with Gasteiger partial charge in [-0.3, -0.25) is 0 Å². The van der Waals surface area contributed by atoms with Crippen molar-refractivity contribution in [3.63, 3.8) is 0 Å². The molecule has 0 spiro atoms. The lowest BCUT2D eigenvalue weighted by Crippen LogP contribution is -2.25. The molecular formula is C11H9F3N8O. The summed E-state index contributed by atoms with van der Waals surface area (Å²) in [6.07, 6.45) is -4.45. The molecule has 3 rings (SSSR count). The van der Waals surface area contributed by atoms with Crippen LogP contribution in [0.3, 0.4) is 0 Å². The van der Waals surface area contributed by atoms with E-state index in [1.165, 1.54) is 0 Å². The minimum atomic E-state index is -4.45. The molecule has 0 saturated carbocycles. The van der Waals surface area contributed by atoms with Crippen LogP contribution in [-0.2, 0) is 13.1 Å². The SMILES string of the molecule is O=c1n(Cc2nnn(CC(F)(F)F)n2)nnn1-c1ccccc1. The summed E-state index contributed by atoms with van der Waals surface area (Å²) in [5, 5.41) is 17.6. The highest BCUT2D eigenvalue weighted by Crippen LogP contribution is 2.15. The highest BCUT2D eigenvalue weighted by molar-refractivity contribution is 5.28. The Balaban J connectivity index is 1.80. The molecule has 120 valence electrons. The van der Waals surface area contributed by atoms with Gasteiger partial charge in [0.2, 0.25) is 0 Å². The number of aromatic nitrogens is 8. The van der Waals surface area contributed by atoms with E-state index in [4.69, 9.17) is 0 Å². The Morgan fingerprint density at radius 3 is 2.48 bits per heavy atom. The first-order valence-electron chi connectivity index (χ1n) is 6.34. The molecule has 23 heavy (non-hydrogen) atoms. The van der Waals surface area contributed by atoms with Gasteiger partial charge in [0, 0.05) is 0 Å². The lowest BCUT2D eigenvalue weighted by Gasteiger charge is -2.02. The van der Waals surface area contributed by atoms with E-state index in [0.29, 0.717) is 10.5 Å². The van der Waals surface area contributed by atoms with E-state index in [0.717, 1.165) is 9.36 Å². The van der Waals surface area contributed by atoms with Crippen LogP contribution in [0, 0.1) is 0 Å². The summed E-state index contributed by atoms with van der Waals surface area (Å²) in [6.45, 7) is -1.59. The van der Waals surface area contributed by atoms with Gasteiger partial charge in [0.15, 0.2) is 12.4 Å². The summed E-state index contributed by atoms with van der Waals surface area (Å²) < 4.78 is 38.7. The quantitative estimate of drug-likeness (QED) is 0.671. The molecule has 0 aliphatic rings. The van der Waals surface area contributed by atoms with Crippen LogP contribution in [0.25, 0.3) is 5.69 Å². The molecule has 0 aliphatic carbocycles. The summed E-state index contributed by atoms with van der Waals surface area (Å²) in [7, 11) is 0. The van der Waals surface area contributed by atoms with Gasteiger partial charge in [-0.25, -0.2) is 4.79 Å². The van der Waals surface area contributed by atoms with E-state index in [-0.39, 0.29) is 12.4 Å². The zero-order chi connectivity index (χ0) is 16.4. The summed E-state index contributed by atoms with van der Waals surface area (Å²) in [5.41, 5.74) is -0.0548. The van der Waals surface area contributed by atoms with Crippen molar-refractivity contribution in [2.24, 2.45) is 0 Å². The van der Waals surface area contributed by atoms with E-state index < -0.39 is 18.4 Å². The molecule has 9 nitrogen and oxygen atoms in total. The van der Waals surface area contributed by atoms with Crippen molar-refractivity contribution >= 4 is 0 Å². The molecule has 0 amide bonds. The topological polar surface area (TPSA) is 96.3 Å². The second-order valence-electron chi connectivity index (χ2n) is 4.52. The molecule has 0 saturated heterocycles. The van der Waals surface area contributed by atoms with Gasteiger partial charge in [-0.1, -0.05) is 18.2 Å². The normalized spacial score (nSPS) is 11.8. The van der Waals surface area contributed by atoms with Crippen molar-refractivity contribution in [2.75, 3.05) is 0 Å². The Morgan fingerprint density at radius 2 is 1.78 bits per heavy atom. The molecule has 12 heteroatoms. The summed E-state index contributed by atoms with van der Waals surface area (Å²) in [6, 6.07) is 8.56. The van der Waals surface area contributed by atoms with Crippen molar-refractivity contribution in [3.8, 4) is 5.69 Å². The molecular weight excluding hydrogens is 317 g/mol. The van der Waals surface area contributed by atoms with Crippen LogP contribution in [0.4, 0.5) is 13.2 Å². The number of benzene rings is 1. The molecule has 0 fully saturated rings. The minimum Gasteiger partial charge on any atom is -0.244 e. The second-order valence-corrected chi connectivity index (χ2v) is 4.52. The molecule has 0 N–H and O–H groups in total. The fourth-order valence-electron chi connectivity index (χ4n) is 1.81. The first kappa shape index (κ1) is 14.9. The smallest absolute Gasteiger partial charge is 0.244 e. The maximum atomic E-state index is 12.2. The molecule has 2 heterocycles. The van der Waals surface area contributed by atoms with Crippen LogP contribution in [0.2, 0.25) is 0 Å². The predicted octanol–water partition coefficient (Wildman–Crippen LogP) is 0.0261. The fraction of sp³-hybridized carbons (Fsp3) is 0.273. The van der Waals surface area contributed by atoms with E-state index in [1.54, 1.807) is 30.3 Å². The molecule has 3 aromatic rings. The van der Waals surface area contributed by atoms with E-state index >= 15 is 0 Å². The third kappa shape index (κ3) is 3.41.